The van der Waals surface area contributed by atoms with Gasteiger partial charge in [-0.05, 0) is 30.3 Å². The zero-order valence-electron chi connectivity index (χ0n) is 18.6. The number of nitro benzene ring substituents is 1. The number of anilines is 1. The Hall–Kier alpha value is -3.24. The first-order valence-electron chi connectivity index (χ1n) is 10.1. The summed E-state index contributed by atoms with van der Waals surface area (Å²) >= 11 is 25.0. The van der Waals surface area contributed by atoms with Gasteiger partial charge in [0, 0.05) is 33.3 Å². The Bertz CT molecular complexity index is 1420. The third-order valence-corrected chi connectivity index (χ3v) is 6.29. The maximum absolute atomic E-state index is 13.6. The van der Waals surface area contributed by atoms with Gasteiger partial charge in [-0.1, -0.05) is 46.4 Å². The molecule has 13 heteroatoms. The minimum Gasteiger partial charge on any atom is -0.495 e. The number of carbonyl (C=O) groups is 1. The lowest BCUT2D eigenvalue weighted by molar-refractivity contribution is -0.384. The molecule has 1 heterocycles. The van der Waals surface area contributed by atoms with Crippen molar-refractivity contribution in [3.05, 3.63) is 89.4 Å². The van der Waals surface area contributed by atoms with Crippen molar-refractivity contribution in [1.82, 2.24) is 5.01 Å². The molecule has 1 atom stereocenters. The van der Waals surface area contributed by atoms with E-state index in [-0.39, 0.29) is 37.8 Å². The summed E-state index contributed by atoms with van der Waals surface area (Å²) < 4.78 is 10.8. The first kappa shape index (κ1) is 25.8. The second kappa shape index (κ2) is 10.4. The summed E-state index contributed by atoms with van der Waals surface area (Å²) in [5.74, 6) is -0.00726. The van der Waals surface area contributed by atoms with E-state index >= 15 is 0 Å². The molecule has 0 saturated carbocycles. The van der Waals surface area contributed by atoms with Crippen LogP contribution in [0.2, 0.25) is 20.1 Å². The van der Waals surface area contributed by atoms with E-state index in [1.807, 2.05) is 0 Å². The zero-order valence-corrected chi connectivity index (χ0v) is 21.6. The molecule has 186 valence electrons. The monoisotopic (exact) mass is 568 g/mol. The molecular weight excluding hydrogens is 554 g/mol. The molecule has 4 rings (SSSR count). The van der Waals surface area contributed by atoms with Gasteiger partial charge in [0.1, 0.15) is 11.5 Å². The van der Waals surface area contributed by atoms with Crippen LogP contribution in [0.3, 0.4) is 0 Å². The van der Waals surface area contributed by atoms with Gasteiger partial charge < -0.3 is 14.8 Å². The average Bonchev–Trinajstić information content (AvgIpc) is 2.82. The number of nitrogens with zero attached hydrogens (tertiary/aromatic N) is 3. The molecule has 1 amide bonds. The fraction of sp³-hybridized carbons (Fsp3) is 0.130. The van der Waals surface area contributed by atoms with E-state index in [1.54, 1.807) is 12.1 Å². The normalized spacial score (nSPS) is 15.0. The predicted octanol–water partition coefficient (Wildman–Crippen LogP) is 6.83. The van der Waals surface area contributed by atoms with Gasteiger partial charge in [-0.3, -0.25) is 14.9 Å². The maximum Gasteiger partial charge on any atom is 0.278 e. The number of non-ortho nitro benzene ring substituents is 1. The molecule has 36 heavy (non-hydrogen) atoms. The molecule has 1 aliphatic heterocycles. The number of amides is 1. The van der Waals surface area contributed by atoms with Crippen LogP contribution in [0.25, 0.3) is 0 Å². The number of nitrogens with one attached hydrogen (secondary N) is 1. The van der Waals surface area contributed by atoms with Crippen LogP contribution in [0.1, 0.15) is 27.7 Å². The van der Waals surface area contributed by atoms with Gasteiger partial charge in [0.2, 0.25) is 0 Å². The van der Waals surface area contributed by atoms with Crippen molar-refractivity contribution in [2.24, 2.45) is 5.10 Å². The smallest absolute Gasteiger partial charge is 0.278 e. The number of fused-ring (bicyclic) bond motifs is 1. The van der Waals surface area contributed by atoms with Crippen LogP contribution in [-0.4, -0.2) is 36.3 Å². The lowest BCUT2D eigenvalue weighted by Gasteiger charge is -2.35. The fourth-order valence-electron chi connectivity index (χ4n) is 3.74. The predicted molar refractivity (Wildman–Crippen MR) is 139 cm³/mol. The molecule has 1 N–H and O–H groups in total. The highest BCUT2D eigenvalue weighted by atomic mass is 35.5. The van der Waals surface area contributed by atoms with Crippen molar-refractivity contribution in [3.8, 4) is 11.5 Å². The van der Waals surface area contributed by atoms with E-state index in [0.29, 0.717) is 21.9 Å². The van der Waals surface area contributed by atoms with Gasteiger partial charge in [0.05, 0.1) is 46.7 Å². The van der Waals surface area contributed by atoms with E-state index in [1.165, 1.54) is 50.8 Å². The Morgan fingerprint density at radius 2 is 1.64 bits per heavy atom. The lowest BCUT2D eigenvalue weighted by atomic mass is 10.0. The standard InChI is InChI=1S/C23H16Cl4N4O5/c1-35-20-11(5-12(24)7-17(20)26)10-28-30-22(16-6-13(25)8-18(27)21(16)36-2)29-19-9-14(31(33)34)3-4-15(19)23(30)32/h3-10,22,29H,1-2H3/b28-10+. The van der Waals surface area contributed by atoms with E-state index in [0.717, 1.165) is 5.01 Å². The molecule has 0 saturated heterocycles. The number of halogens is 4. The summed E-state index contributed by atoms with van der Waals surface area (Å²) in [5, 5.41) is 21.0. The number of benzene rings is 3. The molecule has 1 aliphatic rings. The number of ether oxygens (including phenoxy) is 2. The molecule has 9 nitrogen and oxygen atoms in total. The highest BCUT2D eigenvalue weighted by Crippen LogP contribution is 2.42. The highest BCUT2D eigenvalue weighted by Gasteiger charge is 2.36. The summed E-state index contributed by atoms with van der Waals surface area (Å²) in [5.41, 5.74) is 0.976. The van der Waals surface area contributed by atoms with E-state index < -0.39 is 17.0 Å². The van der Waals surface area contributed by atoms with E-state index in [9.17, 15) is 14.9 Å². The quantitative estimate of drug-likeness (QED) is 0.198. The fourth-order valence-corrected chi connectivity index (χ4v) is 4.92. The molecule has 0 radical (unpaired) electrons. The Kier molecular flexibility index (Phi) is 7.46. The summed E-state index contributed by atoms with van der Waals surface area (Å²) in [4.78, 5) is 24.3. The Balaban J connectivity index is 1.89. The number of hydrogen-bond donors (Lipinski definition) is 1. The highest BCUT2D eigenvalue weighted by molar-refractivity contribution is 6.36. The van der Waals surface area contributed by atoms with Gasteiger partial charge in [-0.2, -0.15) is 5.10 Å². The summed E-state index contributed by atoms with van der Waals surface area (Å²) in [6.07, 6.45) is 0.355. The van der Waals surface area contributed by atoms with Crippen LogP contribution in [0.4, 0.5) is 11.4 Å². The maximum atomic E-state index is 13.6. The van der Waals surface area contributed by atoms with Crippen LogP contribution in [0.15, 0.2) is 47.6 Å². The van der Waals surface area contributed by atoms with Crippen molar-refractivity contribution >= 4 is 69.9 Å². The second-order valence-corrected chi connectivity index (χ2v) is 9.14. The van der Waals surface area contributed by atoms with Gasteiger partial charge in [-0.15, -0.1) is 0 Å². The Labute approximate surface area is 225 Å². The van der Waals surface area contributed by atoms with Crippen LogP contribution < -0.4 is 14.8 Å². The van der Waals surface area contributed by atoms with Gasteiger partial charge in [-0.25, -0.2) is 5.01 Å². The zero-order chi connectivity index (χ0) is 26.1. The Morgan fingerprint density at radius 1 is 1.00 bits per heavy atom. The molecule has 1 unspecified atom stereocenters. The molecule has 0 bridgehead atoms. The molecule has 0 aliphatic carbocycles. The minimum absolute atomic E-state index is 0.164. The van der Waals surface area contributed by atoms with Crippen molar-refractivity contribution in [3.63, 3.8) is 0 Å². The van der Waals surface area contributed by atoms with Crippen LogP contribution in [-0.2, 0) is 0 Å². The summed E-state index contributed by atoms with van der Waals surface area (Å²) in [6.45, 7) is 0. The average molecular weight is 570 g/mol. The number of carbonyl (C=O) groups excluding carboxylic acids is 1. The number of methoxy groups -OCH3 is 2. The van der Waals surface area contributed by atoms with Crippen LogP contribution >= 0.6 is 46.4 Å². The minimum atomic E-state index is -1.00. The van der Waals surface area contributed by atoms with Gasteiger partial charge in [0.15, 0.2) is 6.17 Å². The number of hydrazone groups is 1. The number of rotatable bonds is 6. The number of hydrogen-bond acceptors (Lipinski definition) is 7. The second-order valence-electron chi connectivity index (χ2n) is 7.45. The molecule has 0 aromatic heterocycles. The molecule has 3 aromatic rings. The third-order valence-electron chi connectivity index (χ3n) is 5.29. The third kappa shape index (κ3) is 4.87. The number of nitro groups is 1. The first-order chi connectivity index (χ1) is 17.1. The molecule has 0 fully saturated rings. The molecule has 0 spiro atoms. The molecule has 3 aromatic carbocycles. The van der Waals surface area contributed by atoms with Gasteiger partial charge in [0.25, 0.3) is 11.6 Å². The van der Waals surface area contributed by atoms with Crippen molar-refractivity contribution in [1.29, 1.82) is 0 Å². The van der Waals surface area contributed by atoms with E-state index in [2.05, 4.69) is 10.4 Å². The van der Waals surface area contributed by atoms with E-state index in [4.69, 9.17) is 55.9 Å². The van der Waals surface area contributed by atoms with Crippen LogP contribution in [0, 0.1) is 10.1 Å². The van der Waals surface area contributed by atoms with Crippen molar-refractivity contribution < 1.29 is 19.2 Å². The van der Waals surface area contributed by atoms with Gasteiger partial charge >= 0.3 is 0 Å². The Morgan fingerprint density at radius 3 is 2.28 bits per heavy atom. The summed E-state index contributed by atoms with van der Waals surface area (Å²) in [6, 6.07) is 9.97. The SMILES string of the molecule is COc1c(Cl)cc(Cl)cc1/C=N/N1C(=O)c2ccc([N+](=O)[O-])cc2NC1c1cc(Cl)cc(Cl)c1OC. The largest absolute Gasteiger partial charge is 0.495 e. The van der Waals surface area contributed by atoms with Crippen LogP contribution in [0.5, 0.6) is 11.5 Å². The summed E-state index contributed by atoms with van der Waals surface area (Å²) in [7, 11) is 2.85. The topological polar surface area (TPSA) is 106 Å². The van der Waals surface area contributed by atoms with Crippen molar-refractivity contribution in [2.75, 3.05) is 19.5 Å². The lowest BCUT2D eigenvalue weighted by Crippen LogP contribution is -2.40. The first-order valence-corrected chi connectivity index (χ1v) is 11.6. The van der Waals surface area contributed by atoms with Crippen molar-refractivity contribution in [2.45, 2.75) is 6.17 Å². The molecular formula is C23H16Cl4N4O5.